The Balaban J connectivity index is 1.75. The van der Waals surface area contributed by atoms with E-state index in [1.54, 1.807) is 16.8 Å². The minimum Gasteiger partial charge on any atom is -0.346 e. The van der Waals surface area contributed by atoms with Crippen LogP contribution in [-0.4, -0.2) is 15.5 Å². The molecular formula is C20H17N3O2S. The van der Waals surface area contributed by atoms with Crippen molar-refractivity contribution in [2.24, 2.45) is 0 Å². The first-order chi connectivity index (χ1) is 12.7. The van der Waals surface area contributed by atoms with Crippen molar-refractivity contribution in [3.05, 3.63) is 75.7 Å². The van der Waals surface area contributed by atoms with Gasteiger partial charge in [-0.15, -0.1) is 11.3 Å². The van der Waals surface area contributed by atoms with Gasteiger partial charge in [0, 0.05) is 22.8 Å². The van der Waals surface area contributed by atoms with E-state index in [-0.39, 0.29) is 11.5 Å². The topological polar surface area (TPSA) is 64.0 Å². The Morgan fingerprint density at radius 2 is 1.96 bits per heavy atom. The molecule has 0 atom stereocenters. The van der Waals surface area contributed by atoms with Crippen molar-refractivity contribution in [2.45, 2.75) is 20.0 Å². The molecule has 5 nitrogen and oxygen atoms in total. The van der Waals surface area contributed by atoms with E-state index < -0.39 is 0 Å². The van der Waals surface area contributed by atoms with Gasteiger partial charge in [0.05, 0.1) is 28.0 Å². The summed E-state index contributed by atoms with van der Waals surface area (Å²) in [5.41, 5.74) is 1.64. The van der Waals surface area contributed by atoms with Crippen molar-refractivity contribution in [3.63, 3.8) is 0 Å². The van der Waals surface area contributed by atoms with Crippen LogP contribution in [0.4, 0.5) is 0 Å². The van der Waals surface area contributed by atoms with Crippen molar-refractivity contribution in [2.75, 3.05) is 0 Å². The van der Waals surface area contributed by atoms with Gasteiger partial charge in [-0.2, -0.15) is 0 Å². The van der Waals surface area contributed by atoms with E-state index >= 15 is 0 Å². The molecule has 4 rings (SSSR count). The van der Waals surface area contributed by atoms with Crippen LogP contribution < -0.4 is 10.9 Å². The van der Waals surface area contributed by atoms with E-state index in [0.29, 0.717) is 23.4 Å². The molecule has 3 aromatic heterocycles. The van der Waals surface area contributed by atoms with Crippen LogP contribution >= 0.6 is 11.3 Å². The SMILES string of the molecule is CCn1c(=O)c2cc(C(=O)NCc3ccccn3)sc2c2ccccc21. The second-order valence-electron chi connectivity index (χ2n) is 5.92. The van der Waals surface area contributed by atoms with Gasteiger partial charge in [-0.1, -0.05) is 24.3 Å². The number of hydrogen-bond acceptors (Lipinski definition) is 4. The summed E-state index contributed by atoms with van der Waals surface area (Å²) in [6.07, 6.45) is 1.69. The van der Waals surface area contributed by atoms with Gasteiger partial charge >= 0.3 is 0 Å². The molecule has 0 aliphatic carbocycles. The molecule has 6 heteroatoms. The first-order valence-electron chi connectivity index (χ1n) is 8.42. The zero-order valence-corrected chi connectivity index (χ0v) is 15.0. The highest BCUT2D eigenvalue weighted by atomic mass is 32.1. The number of nitrogens with one attached hydrogen (secondary N) is 1. The second kappa shape index (κ2) is 6.72. The fourth-order valence-electron chi connectivity index (χ4n) is 3.09. The molecule has 4 aromatic rings. The van der Waals surface area contributed by atoms with Crippen LogP contribution in [0.15, 0.2) is 59.5 Å². The number of carbonyl (C=O) groups excluding carboxylic acids is 1. The largest absolute Gasteiger partial charge is 0.346 e. The van der Waals surface area contributed by atoms with Gasteiger partial charge in [0.1, 0.15) is 0 Å². The lowest BCUT2D eigenvalue weighted by atomic mass is 10.1. The zero-order chi connectivity index (χ0) is 18.1. The number of rotatable bonds is 4. The van der Waals surface area contributed by atoms with Gasteiger partial charge in [0.25, 0.3) is 11.5 Å². The monoisotopic (exact) mass is 363 g/mol. The highest BCUT2D eigenvalue weighted by Crippen LogP contribution is 2.30. The Labute approximate surface area is 153 Å². The number of para-hydroxylation sites is 1. The van der Waals surface area contributed by atoms with Gasteiger partial charge in [0.2, 0.25) is 0 Å². The molecule has 0 unspecified atom stereocenters. The lowest BCUT2D eigenvalue weighted by molar-refractivity contribution is 0.0954. The minimum atomic E-state index is -0.191. The number of hydrogen-bond donors (Lipinski definition) is 1. The fraction of sp³-hybridized carbons (Fsp3) is 0.150. The van der Waals surface area contributed by atoms with Crippen molar-refractivity contribution >= 4 is 38.2 Å². The lowest BCUT2D eigenvalue weighted by Crippen LogP contribution is -2.22. The van der Waals surface area contributed by atoms with Crippen molar-refractivity contribution in [1.82, 2.24) is 14.9 Å². The Bertz CT molecular complexity index is 1160. The van der Waals surface area contributed by atoms with Crippen molar-refractivity contribution < 1.29 is 4.79 Å². The summed E-state index contributed by atoms with van der Waals surface area (Å²) in [7, 11) is 0. The van der Waals surface area contributed by atoms with Crippen molar-refractivity contribution in [3.8, 4) is 0 Å². The van der Waals surface area contributed by atoms with Gasteiger partial charge in [-0.05, 0) is 31.2 Å². The molecule has 1 N–H and O–H groups in total. The maximum atomic E-state index is 12.8. The maximum Gasteiger partial charge on any atom is 0.261 e. The first kappa shape index (κ1) is 16.5. The Kier molecular flexibility index (Phi) is 4.26. The number of thiophene rings is 1. The molecule has 0 bridgehead atoms. The molecule has 130 valence electrons. The van der Waals surface area contributed by atoms with E-state index in [0.717, 1.165) is 21.3 Å². The van der Waals surface area contributed by atoms with Crippen LogP contribution in [0.5, 0.6) is 0 Å². The Morgan fingerprint density at radius 1 is 1.15 bits per heavy atom. The summed E-state index contributed by atoms with van der Waals surface area (Å²) < 4.78 is 2.61. The molecular weight excluding hydrogens is 346 g/mol. The number of amides is 1. The molecule has 3 heterocycles. The summed E-state index contributed by atoms with van der Waals surface area (Å²) >= 11 is 1.36. The van der Waals surface area contributed by atoms with Gasteiger partial charge in [-0.25, -0.2) is 0 Å². The third kappa shape index (κ3) is 2.78. The molecule has 0 radical (unpaired) electrons. The van der Waals surface area contributed by atoms with Crippen LogP contribution in [0.3, 0.4) is 0 Å². The summed E-state index contributed by atoms with van der Waals surface area (Å²) in [5, 5.41) is 4.47. The molecule has 1 aromatic carbocycles. The molecule has 0 fully saturated rings. The minimum absolute atomic E-state index is 0.0544. The Hall–Kier alpha value is -2.99. The third-order valence-electron chi connectivity index (χ3n) is 4.34. The number of aromatic nitrogens is 2. The predicted molar refractivity (Wildman–Crippen MR) is 105 cm³/mol. The number of carbonyl (C=O) groups is 1. The highest BCUT2D eigenvalue weighted by molar-refractivity contribution is 7.21. The molecule has 0 spiro atoms. The lowest BCUT2D eigenvalue weighted by Gasteiger charge is -2.08. The highest BCUT2D eigenvalue weighted by Gasteiger charge is 2.16. The quantitative estimate of drug-likeness (QED) is 0.603. The smallest absolute Gasteiger partial charge is 0.261 e. The number of aryl methyl sites for hydroxylation is 1. The molecule has 26 heavy (non-hydrogen) atoms. The number of nitrogens with zero attached hydrogens (tertiary/aromatic N) is 2. The fourth-order valence-corrected chi connectivity index (χ4v) is 4.19. The number of pyridine rings is 2. The van der Waals surface area contributed by atoms with Gasteiger partial charge in [0.15, 0.2) is 0 Å². The van der Waals surface area contributed by atoms with Crippen LogP contribution in [-0.2, 0) is 13.1 Å². The summed E-state index contributed by atoms with van der Waals surface area (Å²) in [4.78, 5) is 30.1. The average Bonchev–Trinajstić information content (AvgIpc) is 3.14. The molecule has 1 amide bonds. The third-order valence-corrected chi connectivity index (χ3v) is 5.51. The van der Waals surface area contributed by atoms with E-state index in [2.05, 4.69) is 10.3 Å². The standard InChI is InChI=1S/C20H17N3O2S/c1-2-23-16-9-4-3-8-14(16)18-15(20(23)25)11-17(26-18)19(24)22-12-13-7-5-6-10-21-13/h3-11H,2,12H2,1H3,(H,22,24). The van der Waals surface area contributed by atoms with E-state index in [1.165, 1.54) is 11.3 Å². The average molecular weight is 363 g/mol. The van der Waals surface area contributed by atoms with Crippen LogP contribution in [0, 0.1) is 0 Å². The van der Waals surface area contributed by atoms with E-state index in [1.807, 2.05) is 49.4 Å². The molecule has 0 aliphatic rings. The first-order valence-corrected chi connectivity index (χ1v) is 9.24. The maximum absolute atomic E-state index is 12.8. The molecule has 0 saturated heterocycles. The van der Waals surface area contributed by atoms with E-state index in [9.17, 15) is 9.59 Å². The van der Waals surface area contributed by atoms with Crippen molar-refractivity contribution in [1.29, 1.82) is 0 Å². The van der Waals surface area contributed by atoms with Crippen LogP contribution in [0.2, 0.25) is 0 Å². The zero-order valence-electron chi connectivity index (χ0n) is 14.2. The summed E-state index contributed by atoms with van der Waals surface area (Å²) in [6.45, 7) is 2.90. The Morgan fingerprint density at radius 3 is 2.73 bits per heavy atom. The van der Waals surface area contributed by atoms with Crippen LogP contribution in [0.25, 0.3) is 21.0 Å². The van der Waals surface area contributed by atoms with Gasteiger partial charge in [-0.3, -0.25) is 14.6 Å². The molecule has 0 saturated carbocycles. The number of fused-ring (bicyclic) bond motifs is 3. The van der Waals surface area contributed by atoms with E-state index in [4.69, 9.17) is 0 Å². The number of benzene rings is 1. The normalized spacial score (nSPS) is 11.1. The summed E-state index contributed by atoms with van der Waals surface area (Å²) in [6, 6.07) is 15.1. The molecule has 0 aliphatic heterocycles. The summed E-state index contributed by atoms with van der Waals surface area (Å²) in [5.74, 6) is -0.191. The van der Waals surface area contributed by atoms with Crippen LogP contribution in [0.1, 0.15) is 22.3 Å². The predicted octanol–water partition coefficient (Wildman–Crippen LogP) is 3.56. The second-order valence-corrected chi connectivity index (χ2v) is 6.98. The van der Waals surface area contributed by atoms with Gasteiger partial charge < -0.3 is 9.88 Å².